The predicted molar refractivity (Wildman–Crippen MR) is 93.6 cm³/mol. The van der Waals surface area contributed by atoms with Crippen molar-refractivity contribution in [2.24, 2.45) is 0 Å². The summed E-state index contributed by atoms with van der Waals surface area (Å²) in [5, 5.41) is 5.69. The van der Waals surface area contributed by atoms with Crippen molar-refractivity contribution in [3.05, 3.63) is 35.9 Å². The van der Waals surface area contributed by atoms with Gasteiger partial charge in [-0.15, -0.1) is 0 Å². The Labute approximate surface area is 148 Å². The first-order chi connectivity index (χ1) is 12.0. The molecular weight excluding hydrogens is 320 g/mol. The van der Waals surface area contributed by atoms with Gasteiger partial charge in [0.05, 0.1) is 19.1 Å². The van der Waals surface area contributed by atoms with Gasteiger partial charge in [0.25, 0.3) is 0 Å². The molecule has 0 aliphatic heterocycles. The Kier molecular flexibility index (Phi) is 6.56. The van der Waals surface area contributed by atoms with E-state index in [1.165, 1.54) is 6.92 Å². The largest absolute Gasteiger partial charge is 0.464 e. The average Bonchev–Trinajstić information content (AvgIpc) is 3.04. The molecule has 0 radical (unpaired) electrons. The van der Waals surface area contributed by atoms with Gasteiger partial charge in [-0.2, -0.15) is 0 Å². The van der Waals surface area contributed by atoms with Gasteiger partial charge in [-0.05, 0) is 25.3 Å². The van der Waals surface area contributed by atoms with Gasteiger partial charge in [0.1, 0.15) is 5.54 Å². The van der Waals surface area contributed by atoms with Crippen molar-refractivity contribution in [2.75, 3.05) is 6.61 Å². The first-order valence-electron chi connectivity index (χ1n) is 8.77. The summed E-state index contributed by atoms with van der Waals surface area (Å²) < 4.78 is 5.16. The van der Waals surface area contributed by atoms with Gasteiger partial charge in [-0.1, -0.05) is 43.2 Å². The molecule has 0 bridgehead atoms. The third-order valence-electron chi connectivity index (χ3n) is 4.47. The maximum absolute atomic E-state index is 12.6. The fourth-order valence-electron chi connectivity index (χ4n) is 3.31. The molecule has 1 aliphatic carbocycles. The number of hydrogen-bond donors (Lipinski definition) is 2. The van der Waals surface area contributed by atoms with Crippen LogP contribution in [0.1, 0.15) is 57.6 Å². The summed E-state index contributed by atoms with van der Waals surface area (Å²) in [5.74, 6) is -0.836. The highest BCUT2D eigenvalue weighted by atomic mass is 16.5. The van der Waals surface area contributed by atoms with Crippen LogP contribution in [-0.4, -0.2) is 29.9 Å². The Hall–Kier alpha value is -2.37. The molecule has 1 unspecified atom stereocenters. The average molecular weight is 346 g/mol. The van der Waals surface area contributed by atoms with Gasteiger partial charge >= 0.3 is 5.97 Å². The summed E-state index contributed by atoms with van der Waals surface area (Å²) in [6, 6.07) is 8.90. The van der Waals surface area contributed by atoms with E-state index in [0.717, 1.165) is 18.4 Å². The van der Waals surface area contributed by atoms with Gasteiger partial charge in [0, 0.05) is 6.92 Å². The molecule has 0 aromatic heterocycles. The molecule has 136 valence electrons. The van der Waals surface area contributed by atoms with E-state index in [2.05, 4.69) is 10.6 Å². The van der Waals surface area contributed by atoms with Crippen molar-refractivity contribution in [2.45, 2.75) is 57.5 Å². The fraction of sp³-hybridized carbons (Fsp3) is 0.526. The maximum Gasteiger partial charge on any atom is 0.331 e. The first kappa shape index (κ1) is 19.0. The van der Waals surface area contributed by atoms with Gasteiger partial charge in [-0.25, -0.2) is 4.79 Å². The quantitative estimate of drug-likeness (QED) is 0.742. The van der Waals surface area contributed by atoms with Crippen LogP contribution in [0.3, 0.4) is 0 Å². The molecule has 1 atom stereocenters. The van der Waals surface area contributed by atoms with Crippen LogP contribution in [0.15, 0.2) is 30.3 Å². The topological polar surface area (TPSA) is 84.5 Å². The molecule has 1 saturated carbocycles. The molecule has 6 nitrogen and oxygen atoms in total. The summed E-state index contributed by atoms with van der Waals surface area (Å²) in [5.41, 5.74) is -0.0747. The van der Waals surface area contributed by atoms with Crippen LogP contribution >= 0.6 is 0 Å². The summed E-state index contributed by atoms with van der Waals surface area (Å²) in [6.45, 7) is 3.46. The molecule has 1 fully saturated rings. The van der Waals surface area contributed by atoms with Crippen molar-refractivity contribution < 1.29 is 19.1 Å². The van der Waals surface area contributed by atoms with E-state index in [1.54, 1.807) is 6.92 Å². The number of carbonyl (C=O) groups is 3. The van der Waals surface area contributed by atoms with Crippen molar-refractivity contribution in [1.82, 2.24) is 10.6 Å². The highest BCUT2D eigenvalue weighted by Gasteiger charge is 2.44. The molecule has 2 rings (SSSR count). The smallest absolute Gasteiger partial charge is 0.331 e. The second kappa shape index (κ2) is 8.65. The van der Waals surface area contributed by atoms with E-state index in [9.17, 15) is 14.4 Å². The van der Waals surface area contributed by atoms with E-state index in [0.29, 0.717) is 12.8 Å². The zero-order chi connectivity index (χ0) is 18.3. The van der Waals surface area contributed by atoms with Gasteiger partial charge in [-0.3, -0.25) is 9.59 Å². The number of esters is 1. The number of benzene rings is 1. The first-order valence-corrected chi connectivity index (χ1v) is 8.77. The molecule has 6 heteroatoms. The summed E-state index contributed by atoms with van der Waals surface area (Å²) in [6.07, 6.45) is 3.02. The standard InChI is InChI=1S/C19H26N2O4/c1-3-25-18(24)19(11-7-8-12-19)21-17(23)13-16(20-14(2)22)15-9-5-4-6-10-15/h4-6,9-10,16H,3,7-8,11-13H2,1-2H3,(H,20,22)(H,21,23). The van der Waals surface area contributed by atoms with Crippen LogP contribution in [0.5, 0.6) is 0 Å². The van der Waals surface area contributed by atoms with Gasteiger partial charge in [0.2, 0.25) is 11.8 Å². The van der Waals surface area contributed by atoms with E-state index in [1.807, 2.05) is 30.3 Å². The molecule has 25 heavy (non-hydrogen) atoms. The lowest BCUT2D eigenvalue weighted by molar-refractivity contribution is -0.153. The van der Waals surface area contributed by atoms with Crippen LogP contribution in [0.2, 0.25) is 0 Å². The second-order valence-electron chi connectivity index (χ2n) is 6.43. The van der Waals surface area contributed by atoms with Crippen molar-refractivity contribution in [1.29, 1.82) is 0 Å². The van der Waals surface area contributed by atoms with Crippen LogP contribution in [0, 0.1) is 0 Å². The minimum absolute atomic E-state index is 0.0742. The Morgan fingerprint density at radius 1 is 1.16 bits per heavy atom. The molecule has 0 heterocycles. The van der Waals surface area contributed by atoms with Crippen LogP contribution in [0.25, 0.3) is 0 Å². The van der Waals surface area contributed by atoms with E-state index < -0.39 is 11.6 Å². The number of amides is 2. The van der Waals surface area contributed by atoms with E-state index in [4.69, 9.17) is 4.74 Å². The SMILES string of the molecule is CCOC(=O)C1(NC(=O)CC(NC(C)=O)c2ccccc2)CCCC1. The monoisotopic (exact) mass is 346 g/mol. The van der Waals surface area contributed by atoms with Crippen molar-refractivity contribution in [3.8, 4) is 0 Å². The maximum atomic E-state index is 12.6. The minimum Gasteiger partial charge on any atom is -0.464 e. The van der Waals surface area contributed by atoms with E-state index in [-0.39, 0.29) is 30.8 Å². The van der Waals surface area contributed by atoms with Gasteiger partial charge in [0.15, 0.2) is 0 Å². The minimum atomic E-state index is -0.926. The van der Waals surface area contributed by atoms with Crippen LogP contribution < -0.4 is 10.6 Å². The lowest BCUT2D eigenvalue weighted by Gasteiger charge is -2.29. The zero-order valence-corrected chi connectivity index (χ0v) is 14.8. The normalized spacial score (nSPS) is 16.7. The molecule has 2 amide bonds. The number of rotatable bonds is 7. The lowest BCUT2D eigenvalue weighted by Crippen LogP contribution is -2.54. The van der Waals surface area contributed by atoms with E-state index >= 15 is 0 Å². The number of ether oxygens (including phenoxy) is 1. The Morgan fingerprint density at radius 3 is 2.36 bits per heavy atom. The third-order valence-corrected chi connectivity index (χ3v) is 4.47. The molecule has 1 aromatic carbocycles. The summed E-state index contributed by atoms with van der Waals surface area (Å²) in [7, 11) is 0. The highest BCUT2D eigenvalue weighted by Crippen LogP contribution is 2.31. The van der Waals surface area contributed by atoms with Crippen LogP contribution in [0.4, 0.5) is 0 Å². The number of carbonyl (C=O) groups excluding carboxylic acids is 3. The van der Waals surface area contributed by atoms with Crippen LogP contribution in [-0.2, 0) is 19.1 Å². The molecule has 2 N–H and O–H groups in total. The zero-order valence-electron chi connectivity index (χ0n) is 14.8. The number of hydrogen-bond acceptors (Lipinski definition) is 4. The second-order valence-corrected chi connectivity index (χ2v) is 6.43. The fourth-order valence-corrected chi connectivity index (χ4v) is 3.31. The molecular formula is C19H26N2O4. The third kappa shape index (κ3) is 5.05. The Bertz CT molecular complexity index is 609. The molecule has 1 aromatic rings. The highest BCUT2D eigenvalue weighted by molar-refractivity contribution is 5.89. The molecule has 0 saturated heterocycles. The van der Waals surface area contributed by atoms with Crippen molar-refractivity contribution in [3.63, 3.8) is 0 Å². The predicted octanol–water partition coefficient (Wildman–Crippen LogP) is 2.25. The Morgan fingerprint density at radius 2 is 1.80 bits per heavy atom. The number of nitrogens with one attached hydrogen (secondary N) is 2. The summed E-state index contributed by atoms with van der Waals surface area (Å²) >= 11 is 0. The van der Waals surface area contributed by atoms with Gasteiger partial charge < -0.3 is 15.4 Å². The molecule has 1 aliphatic rings. The Balaban J connectivity index is 2.09. The van der Waals surface area contributed by atoms with Crippen molar-refractivity contribution >= 4 is 17.8 Å². The molecule has 0 spiro atoms. The lowest BCUT2D eigenvalue weighted by atomic mass is 9.96. The summed E-state index contributed by atoms with van der Waals surface area (Å²) in [4.78, 5) is 36.4.